The first kappa shape index (κ1) is 21.4. The minimum absolute atomic E-state index is 0.270. The molecule has 0 bridgehead atoms. The zero-order valence-corrected chi connectivity index (χ0v) is 18.2. The Morgan fingerprint density at radius 2 is 1.90 bits per heavy atom. The average Bonchev–Trinajstić information content (AvgIpc) is 3.15. The lowest BCUT2D eigenvalue weighted by Gasteiger charge is -2.10. The highest BCUT2D eigenvalue weighted by atomic mass is 35.5. The van der Waals surface area contributed by atoms with E-state index in [0.717, 1.165) is 12.2 Å². The Morgan fingerprint density at radius 3 is 2.59 bits per heavy atom. The third-order valence-electron chi connectivity index (χ3n) is 4.29. The summed E-state index contributed by atoms with van der Waals surface area (Å²) in [7, 11) is 0. The van der Waals surface area contributed by atoms with Crippen molar-refractivity contribution in [2.45, 2.75) is 32.8 Å². The van der Waals surface area contributed by atoms with Gasteiger partial charge in [0, 0.05) is 5.02 Å². The van der Waals surface area contributed by atoms with Crippen molar-refractivity contribution in [3.05, 3.63) is 63.1 Å². The lowest BCUT2D eigenvalue weighted by atomic mass is 9.99. The van der Waals surface area contributed by atoms with Crippen molar-refractivity contribution in [3.63, 3.8) is 0 Å². The van der Waals surface area contributed by atoms with E-state index in [1.54, 1.807) is 18.2 Å². The molecule has 0 saturated carbocycles. The van der Waals surface area contributed by atoms with Gasteiger partial charge in [-0.2, -0.15) is 0 Å². The van der Waals surface area contributed by atoms with Gasteiger partial charge in [0.25, 0.3) is 0 Å². The highest BCUT2D eigenvalue weighted by Gasteiger charge is 2.11. The van der Waals surface area contributed by atoms with Crippen LogP contribution in [0.4, 0.5) is 15.6 Å². The number of hydrogen-bond acceptors (Lipinski definition) is 5. The molecule has 2 aromatic carbocycles. The van der Waals surface area contributed by atoms with Gasteiger partial charge in [-0.3, -0.25) is 5.32 Å². The van der Waals surface area contributed by atoms with Crippen molar-refractivity contribution >= 4 is 51.4 Å². The Bertz CT molecular complexity index is 979. The number of anilines is 2. The number of nitrogens with one attached hydrogen (secondary N) is 2. The van der Waals surface area contributed by atoms with E-state index in [4.69, 9.17) is 27.9 Å². The summed E-state index contributed by atoms with van der Waals surface area (Å²) >= 11 is 13.1. The molecule has 0 saturated heterocycles. The van der Waals surface area contributed by atoms with Crippen LogP contribution in [-0.2, 0) is 6.61 Å². The minimum Gasteiger partial charge on any atom is -0.486 e. The number of ether oxygens (including phenoxy) is 1. The van der Waals surface area contributed by atoms with Crippen LogP contribution >= 0.6 is 34.5 Å². The van der Waals surface area contributed by atoms with Gasteiger partial charge in [-0.15, -0.1) is 10.2 Å². The van der Waals surface area contributed by atoms with Gasteiger partial charge >= 0.3 is 6.03 Å². The molecule has 6 nitrogen and oxygen atoms in total. The molecule has 152 valence electrons. The number of urea groups is 1. The summed E-state index contributed by atoms with van der Waals surface area (Å²) in [4.78, 5) is 12.1. The van der Waals surface area contributed by atoms with Crippen LogP contribution in [0.3, 0.4) is 0 Å². The molecular weight excluding hydrogens is 431 g/mol. The Hall–Kier alpha value is -2.35. The zero-order valence-electron chi connectivity index (χ0n) is 15.9. The number of rotatable bonds is 7. The van der Waals surface area contributed by atoms with E-state index in [2.05, 4.69) is 46.8 Å². The quantitative estimate of drug-likeness (QED) is 0.425. The normalized spacial score (nSPS) is 11.7. The van der Waals surface area contributed by atoms with Gasteiger partial charge in [-0.25, -0.2) is 4.79 Å². The van der Waals surface area contributed by atoms with E-state index < -0.39 is 6.03 Å². The number of nitrogens with zero attached hydrogens (tertiary/aromatic N) is 2. The molecule has 2 N–H and O–H groups in total. The standard InChI is InChI=1S/C20H20Cl2N4O2S/c1-3-12(2)13-4-7-15(8-5-13)28-11-18-25-26-20(29-18)24-19(27)23-17-9-6-14(21)10-16(17)22/h4-10,12H,3,11H2,1-2H3,(H2,23,24,26,27)/t12-/m0/s1. The van der Waals surface area contributed by atoms with Crippen LogP contribution < -0.4 is 15.4 Å². The van der Waals surface area contributed by atoms with Gasteiger partial charge in [0.2, 0.25) is 5.13 Å². The van der Waals surface area contributed by atoms with Gasteiger partial charge < -0.3 is 10.1 Å². The van der Waals surface area contributed by atoms with Crippen molar-refractivity contribution in [3.8, 4) is 5.75 Å². The molecule has 0 aliphatic rings. The second kappa shape index (κ2) is 9.91. The lowest BCUT2D eigenvalue weighted by Crippen LogP contribution is -2.19. The maximum absolute atomic E-state index is 12.1. The number of benzene rings is 2. The lowest BCUT2D eigenvalue weighted by molar-refractivity contribution is 0.262. The maximum Gasteiger partial charge on any atom is 0.325 e. The molecule has 1 aromatic heterocycles. The molecule has 0 aliphatic heterocycles. The SMILES string of the molecule is CC[C@H](C)c1ccc(OCc2nnc(NC(=O)Nc3ccc(Cl)cc3Cl)s2)cc1. The van der Waals surface area contributed by atoms with E-state index >= 15 is 0 Å². The molecular formula is C20H20Cl2N4O2S. The molecule has 0 radical (unpaired) electrons. The maximum atomic E-state index is 12.1. The van der Waals surface area contributed by atoms with Crippen molar-refractivity contribution in [1.29, 1.82) is 0 Å². The molecule has 2 amide bonds. The van der Waals surface area contributed by atoms with Crippen LogP contribution in [0, 0.1) is 0 Å². The summed E-state index contributed by atoms with van der Waals surface area (Å²) in [5.74, 6) is 1.28. The van der Waals surface area contributed by atoms with Gasteiger partial charge in [0.15, 0.2) is 5.01 Å². The third kappa shape index (κ3) is 6.06. The summed E-state index contributed by atoms with van der Waals surface area (Å²) in [6.07, 6.45) is 1.10. The third-order valence-corrected chi connectivity index (χ3v) is 5.65. The number of aromatic nitrogens is 2. The van der Waals surface area contributed by atoms with Crippen molar-refractivity contribution in [2.75, 3.05) is 10.6 Å². The summed E-state index contributed by atoms with van der Waals surface area (Å²) in [5.41, 5.74) is 1.73. The van der Waals surface area contributed by atoms with Gasteiger partial charge in [0.05, 0.1) is 10.7 Å². The second-order valence-corrected chi connectivity index (χ2v) is 8.28. The molecule has 29 heavy (non-hydrogen) atoms. The Kier molecular flexibility index (Phi) is 7.30. The molecule has 0 fully saturated rings. The highest BCUT2D eigenvalue weighted by molar-refractivity contribution is 7.15. The van der Waals surface area contributed by atoms with Crippen molar-refractivity contribution in [2.24, 2.45) is 0 Å². The average molecular weight is 451 g/mol. The predicted molar refractivity (Wildman–Crippen MR) is 118 cm³/mol. The molecule has 0 unspecified atom stereocenters. The first-order chi connectivity index (χ1) is 13.9. The first-order valence-corrected chi connectivity index (χ1v) is 10.6. The van der Waals surface area contributed by atoms with Gasteiger partial charge in [-0.05, 0) is 48.2 Å². The van der Waals surface area contributed by atoms with E-state index in [1.165, 1.54) is 16.9 Å². The van der Waals surface area contributed by atoms with E-state index in [1.807, 2.05) is 12.1 Å². The Labute approximate surface area is 183 Å². The number of amides is 2. The smallest absolute Gasteiger partial charge is 0.325 e. The molecule has 0 aliphatic carbocycles. The zero-order chi connectivity index (χ0) is 20.8. The molecule has 3 rings (SSSR count). The van der Waals surface area contributed by atoms with Crippen LogP contribution in [0.5, 0.6) is 5.75 Å². The van der Waals surface area contributed by atoms with Crippen LogP contribution in [-0.4, -0.2) is 16.2 Å². The molecule has 3 aromatic rings. The molecule has 9 heteroatoms. The molecule has 0 spiro atoms. The minimum atomic E-state index is -0.474. The second-order valence-electron chi connectivity index (χ2n) is 6.37. The monoisotopic (exact) mass is 450 g/mol. The van der Waals surface area contributed by atoms with Crippen molar-refractivity contribution < 1.29 is 9.53 Å². The summed E-state index contributed by atoms with van der Waals surface area (Å²) < 4.78 is 5.75. The Morgan fingerprint density at radius 1 is 1.14 bits per heavy atom. The van der Waals surface area contributed by atoms with Crippen LogP contribution in [0.1, 0.15) is 36.8 Å². The number of halogens is 2. The Balaban J connectivity index is 1.52. The summed E-state index contributed by atoms with van der Waals surface area (Å²) in [6.45, 7) is 4.63. The number of carbonyl (C=O) groups excluding carboxylic acids is 1. The number of carbonyl (C=O) groups is 1. The topological polar surface area (TPSA) is 76.1 Å². The molecule has 1 heterocycles. The molecule has 1 atom stereocenters. The fourth-order valence-corrected chi connectivity index (χ4v) is 3.58. The largest absolute Gasteiger partial charge is 0.486 e. The van der Waals surface area contributed by atoms with E-state index in [9.17, 15) is 4.79 Å². The summed E-state index contributed by atoms with van der Waals surface area (Å²) in [5, 5.41) is 15.1. The van der Waals surface area contributed by atoms with Crippen LogP contribution in [0.15, 0.2) is 42.5 Å². The summed E-state index contributed by atoms with van der Waals surface area (Å²) in [6, 6.07) is 12.4. The van der Waals surface area contributed by atoms with Crippen LogP contribution in [0.25, 0.3) is 0 Å². The van der Waals surface area contributed by atoms with Gasteiger partial charge in [0.1, 0.15) is 12.4 Å². The van der Waals surface area contributed by atoms with Gasteiger partial charge in [-0.1, -0.05) is 60.5 Å². The fraction of sp³-hybridized carbons (Fsp3) is 0.250. The first-order valence-electron chi connectivity index (χ1n) is 9.02. The van der Waals surface area contributed by atoms with Crippen molar-refractivity contribution in [1.82, 2.24) is 10.2 Å². The predicted octanol–water partition coefficient (Wildman–Crippen LogP) is 6.58. The number of hydrogen-bond donors (Lipinski definition) is 2. The van der Waals surface area contributed by atoms with E-state index in [0.29, 0.717) is 31.8 Å². The van der Waals surface area contributed by atoms with Crippen LogP contribution in [0.2, 0.25) is 10.0 Å². The van der Waals surface area contributed by atoms with E-state index in [-0.39, 0.29) is 6.61 Å². The fourth-order valence-electron chi connectivity index (χ4n) is 2.48. The highest BCUT2D eigenvalue weighted by Crippen LogP contribution is 2.26.